The molecule has 3 amide bonds. The molecular weight excluding hydrogens is 454 g/mol. The monoisotopic (exact) mass is 493 g/mol. The van der Waals surface area contributed by atoms with Gasteiger partial charge in [-0.2, -0.15) is 0 Å². The van der Waals surface area contributed by atoms with Gasteiger partial charge in [0, 0.05) is 18.3 Å². The Morgan fingerprint density at radius 1 is 1.11 bits per heavy atom. The third kappa shape index (κ3) is 4.25. The molecule has 2 bridgehead atoms. The van der Waals surface area contributed by atoms with Crippen molar-refractivity contribution >= 4 is 23.4 Å². The maximum atomic E-state index is 13.8. The fourth-order valence-electron chi connectivity index (χ4n) is 6.54. The maximum Gasteiger partial charge on any atom is 0.246 e. The van der Waals surface area contributed by atoms with Gasteiger partial charge in [0.2, 0.25) is 17.7 Å². The van der Waals surface area contributed by atoms with E-state index in [-0.39, 0.29) is 23.8 Å². The van der Waals surface area contributed by atoms with Crippen LogP contribution in [0.5, 0.6) is 0 Å². The van der Waals surface area contributed by atoms with Gasteiger partial charge in [-0.05, 0) is 42.9 Å². The second-order valence-electron chi connectivity index (χ2n) is 11.2. The Bertz CT molecular complexity index is 1030. The number of hydrogen-bond donors (Lipinski definition) is 2. The van der Waals surface area contributed by atoms with Crippen LogP contribution in [-0.2, 0) is 19.1 Å². The summed E-state index contributed by atoms with van der Waals surface area (Å²) in [6, 6.07) is 7.22. The number of likely N-dealkylation sites (tertiary alicyclic amines) is 1. The second kappa shape index (κ2) is 10.0. The number of fused-ring (bicyclic) bond motifs is 1. The molecule has 36 heavy (non-hydrogen) atoms. The van der Waals surface area contributed by atoms with Crippen molar-refractivity contribution in [2.75, 3.05) is 11.9 Å². The van der Waals surface area contributed by atoms with Crippen molar-refractivity contribution in [2.24, 2.45) is 11.8 Å². The summed E-state index contributed by atoms with van der Waals surface area (Å²) in [5, 5.41) is 6.24. The molecule has 0 radical (unpaired) electrons. The van der Waals surface area contributed by atoms with Crippen molar-refractivity contribution in [2.45, 2.75) is 95.4 Å². The summed E-state index contributed by atoms with van der Waals surface area (Å²) in [5.41, 5.74) is 0.810. The molecule has 4 aliphatic rings. The minimum absolute atomic E-state index is 0.139. The number of carbonyl (C=O) groups excluding carboxylic acids is 3. The summed E-state index contributed by atoms with van der Waals surface area (Å²) >= 11 is 0. The first-order valence-corrected chi connectivity index (χ1v) is 13.7. The molecule has 0 aromatic heterocycles. The minimum atomic E-state index is -1.09. The van der Waals surface area contributed by atoms with Crippen LogP contribution in [0, 0.1) is 11.8 Å². The van der Waals surface area contributed by atoms with Gasteiger partial charge in [0.1, 0.15) is 11.6 Å². The number of carbonyl (C=O) groups is 3. The van der Waals surface area contributed by atoms with E-state index < -0.39 is 29.6 Å². The number of hydrogen-bond acceptors (Lipinski definition) is 4. The highest BCUT2D eigenvalue weighted by Crippen LogP contribution is 2.55. The molecule has 1 aliphatic carbocycles. The van der Waals surface area contributed by atoms with Crippen LogP contribution in [0.25, 0.3) is 0 Å². The molecule has 5 rings (SSSR count). The molecule has 7 nitrogen and oxygen atoms in total. The molecule has 1 saturated carbocycles. The van der Waals surface area contributed by atoms with Gasteiger partial charge in [-0.3, -0.25) is 14.4 Å². The van der Waals surface area contributed by atoms with Gasteiger partial charge >= 0.3 is 0 Å². The molecule has 1 spiro atoms. The van der Waals surface area contributed by atoms with Crippen LogP contribution in [0.15, 0.2) is 36.4 Å². The maximum absolute atomic E-state index is 13.8. The van der Waals surface area contributed by atoms with Crippen LogP contribution < -0.4 is 10.6 Å². The Balaban J connectivity index is 1.39. The number of rotatable bonds is 8. The topological polar surface area (TPSA) is 87.7 Å². The number of ether oxygens (including phenoxy) is 1. The Kier molecular flexibility index (Phi) is 6.95. The van der Waals surface area contributed by atoms with E-state index in [0.29, 0.717) is 18.2 Å². The van der Waals surface area contributed by atoms with E-state index in [4.69, 9.17) is 4.74 Å². The Morgan fingerprint density at radius 3 is 2.50 bits per heavy atom. The van der Waals surface area contributed by atoms with Gasteiger partial charge in [0.15, 0.2) is 0 Å². The number of amides is 3. The lowest BCUT2D eigenvalue weighted by molar-refractivity contribution is -0.141. The van der Waals surface area contributed by atoms with Gasteiger partial charge in [0.25, 0.3) is 0 Å². The Morgan fingerprint density at radius 2 is 1.83 bits per heavy atom. The van der Waals surface area contributed by atoms with E-state index in [2.05, 4.69) is 31.4 Å². The molecule has 3 heterocycles. The predicted molar refractivity (Wildman–Crippen MR) is 138 cm³/mol. The van der Waals surface area contributed by atoms with Gasteiger partial charge in [-0.25, -0.2) is 0 Å². The van der Waals surface area contributed by atoms with Crippen LogP contribution in [0.4, 0.5) is 5.69 Å². The highest BCUT2D eigenvalue weighted by Gasteiger charge is 2.72. The van der Waals surface area contributed by atoms with Crippen molar-refractivity contribution in [3.8, 4) is 0 Å². The van der Waals surface area contributed by atoms with E-state index in [1.165, 1.54) is 12.0 Å². The third-order valence-electron chi connectivity index (χ3n) is 8.47. The van der Waals surface area contributed by atoms with Crippen LogP contribution in [0.3, 0.4) is 0 Å². The van der Waals surface area contributed by atoms with Crippen molar-refractivity contribution in [3.05, 3.63) is 42.0 Å². The average molecular weight is 494 g/mol. The second-order valence-corrected chi connectivity index (χ2v) is 11.2. The summed E-state index contributed by atoms with van der Waals surface area (Å²) < 4.78 is 6.41. The molecule has 3 aliphatic heterocycles. The molecule has 7 heteroatoms. The van der Waals surface area contributed by atoms with Crippen molar-refractivity contribution in [3.63, 3.8) is 0 Å². The predicted octanol–water partition coefficient (Wildman–Crippen LogP) is 4.15. The van der Waals surface area contributed by atoms with E-state index >= 15 is 0 Å². The standard InChI is InChI=1S/C29H39N3O4/c1-4-5-17-32-25(27(34)31-20-9-7-6-8-10-20)29-16-15-22(36-29)23(24(29)28(32)35)26(33)30-21-13-11-19(12-14-21)18(2)3/h11-16,18,20,22-25H,4-10,17H2,1-3H3,(H,30,33)(H,31,34)/t22-,23-,24-,25-,29-/m0/s1. The van der Waals surface area contributed by atoms with Gasteiger partial charge in [-0.15, -0.1) is 0 Å². The minimum Gasteiger partial charge on any atom is -0.359 e. The lowest BCUT2D eigenvalue weighted by Gasteiger charge is -2.34. The average Bonchev–Trinajstić information content (AvgIpc) is 3.51. The summed E-state index contributed by atoms with van der Waals surface area (Å²) in [7, 11) is 0. The van der Waals surface area contributed by atoms with E-state index in [1.54, 1.807) is 4.90 Å². The number of benzene rings is 1. The summed E-state index contributed by atoms with van der Waals surface area (Å²) in [6.07, 6.45) is 10.3. The number of nitrogens with zero attached hydrogens (tertiary/aromatic N) is 1. The van der Waals surface area contributed by atoms with Crippen LogP contribution >= 0.6 is 0 Å². The van der Waals surface area contributed by atoms with Gasteiger partial charge < -0.3 is 20.3 Å². The quantitative estimate of drug-likeness (QED) is 0.533. The normalized spacial score (nSPS) is 31.2. The summed E-state index contributed by atoms with van der Waals surface area (Å²) in [5.74, 6) is -1.48. The highest BCUT2D eigenvalue weighted by atomic mass is 16.5. The smallest absolute Gasteiger partial charge is 0.246 e. The molecule has 5 atom stereocenters. The molecule has 2 saturated heterocycles. The van der Waals surface area contributed by atoms with Crippen LogP contribution in [-0.4, -0.2) is 53.0 Å². The van der Waals surface area contributed by atoms with E-state index in [9.17, 15) is 14.4 Å². The zero-order chi connectivity index (χ0) is 25.4. The molecule has 1 aromatic carbocycles. The number of unbranched alkanes of at least 4 members (excludes halogenated alkanes) is 1. The third-order valence-corrected chi connectivity index (χ3v) is 8.47. The number of anilines is 1. The first-order chi connectivity index (χ1) is 17.4. The first-order valence-electron chi connectivity index (χ1n) is 13.7. The van der Waals surface area contributed by atoms with E-state index in [1.807, 2.05) is 36.4 Å². The molecule has 194 valence electrons. The number of nitrogens with one attached hydrogen (secondary N) is 2. The molecular formula is C29H39N3O4. The molecule has 0 unspecified atom stereocenters. The van der Waals surface area contributed by atoms with Crippen LogP contribution in [0.2, 0.25) is 0 Å². The molecule has 2 N–H and O–H groups in total. The summed E-state index contributed by atoms with van der Waals surface area (Å²) in [4.78, 5) is 42.7. The lowest BCUT2D eigenvalue weighted by atomic mass is 9.74. The zero-order valence-corrected chi connectivity index (χ0v) is 21.7. The Hall–Kier alpha value is -2.67. The zero-order valence-electron chi connectivity index (χ0n) is 21.7. The Labute approximate surface area is 214 Å². The SMILES string of the molecule is CCCCN1C(=O)[C@@H]2[C@@H](C(=O)Nc3ccc(C(C)C)cc3)[C@@H]3C=C[C@@]2(O3)[C@@H]1C(=O)NC1CCCCC1. The van der Waals surface area contributed by atoms with Gasteiger partial charge in [-0.1, -0.05) is 70.7 Å². The van der Waals surface area contributed by atoms with Crippen molar-refractivity contribution in [1.29, 1.82) is 0 Å². The molecule has 1 aromatic rings. The fraction of sp³-hybridized carbons (Fsp3) is 0.621. The highest BCUT2D eigenvalue weighted by molar-refractivity contribution is 6.02. The largest absolute Gasteiger partial charge is 0.359 e. The van der Waals surface area contributed by atoms with Crippen LogP contribution in [0.1, 0.15) is 77.2 Å². The van der Waals surface area contributed by atoms with E-state index in [0.717, 1.165) is 38.5 Å². The van der Waals surface area contributed by atoms with Crippen molar-refractivity contribution in [1.82, 2.24) is 10.2 Å². The fourth-order valence-corrected chi connectivity index (χ4v) is 6.54. The lowest BCUT2D eigenvalue weighted by Crippen LogP contribution is -2.56. The summed E-state index contributed by atoms with van der Waals surface area (Å²) in [6.45, 7) is 6.81. The van der Waals surface area contributed by atoms with Crippen molar-refractivity contribution < 1.29 is 19.1 Å². The van der Waals surface area contributed by atoms with Gasteiger partial charge in [0.05, 0.1) is 17.9 Å². The molecule has 3 fully saturated rings. The first kappa shape index (κ1) is 25.0.